The SMILES string of the molecule is CCCCCCCCCCC=CC(=O)[O-].CCCCCCCCCCC=CC(=O)[O-].[Zn+2]. The van der Waals surface area contributed by atoms with E-state index in [4.69, 9.17) is 0 Å². The van der Waals surface area contributed by atoms with Crippen LogP contribution in [-0.2, 0) is 29.1 Å². The molecule has 0 saturated carbocycles. The van der Waals surface area contributed by atoms with E-state index in [2.05, 4.69) is 13.8 Å². The topological polar surface area (TPSA) is 80.3 Å². The van der Waals surface area contributed by atoms with Crippen LogP contribution in [0, 0.1) is 0 Å². The molecule has 0 N–H and O–H groups in total. The van der Waals surface area contributed by atoms with E-state index in [0.717, 1.165) is 37.8 Å². The molecule has 0 amide bonds. The molecule has 0 radical (unpaired) electrons. The molecule has 0 aromatic heterocycles. The zero-order valence-electron chi connectivity index (χ0n) is 20.4. The molecule has 0 fully saturated rings. The van der Waals surface area contributed by atoms with Crippen molar-refractivity contribution in [1.29, 1.82) is 0 Å². The molecule has 0 spiro atoms. The third kappa shape index (κ3) is 40.0. The molecule has 0 rings (SSSR count). The van der Waals surface area contributed by atoms with Gasteiger partial charge in [-0.15, -0.1) is 0 Å². The van der Waals surface area contributed by atoms with Crippen LogP contribution in [-0.4, -0.2) is 11.9 Å². The van der Waals surface area contributed by atoms with Gasteiger partial charge in [-0.25, -0.2) is 0 Å². The number of hydrogen-bond acceptors (Lipinski definition) is 4. The molecule has 0 aromatic rings. The standard InChI is InChI=1S/2C13H24O2.Zn/c2*1-2-3-4-5-6-7-8-9-10-11-12-13(14)15;/h2*11-12H,2-10H2,1H3,(H,14,15);/q;;+2/p-2. The van der Waals surface area contributed by atoms with Crippen molar-refractivity contribution in [3.05, 3.63) is 24.3 Å². The van der Waals surface area contributed by atoms with E-state index in [0.29, 0.717) is 0 Å². The molecule has 4 nitrogen and oxygen atoms in total. The number of carbonyl (C=O) groups excluding carboxylic acids is 2. The second-order valence-corrected chi connectivity index (χ2v) is 7.97. The summed E-state index contributed by atoms with van der Waals surface area (Å²) < 4.78 is 0. The van der Waals surface area contributed by atoms with Crippen LogP contribution in [0.3, 0.4) is 0 Å². The molecule has 0 saturated heterocycles. The van der Waals surface area contributed by atoms with Crippen LogP contribution in [0.4, 0.5) is 0 Å². The first-order valence-corrected chi connectivity index (χ1v) is 12.3. The minimum Gasteiger partial charge on any atom is -0.545 e. The first-order chi connectivity index (χ1) is 14.5. The van der Waals surface area contributed by atoms with E-state index in [-0.39, 0.29) is 19.5 Å². The zero-order valence-corrected chi connectivity index (χ0v) is 23.3. The quantitative estimate of drug-likeness (QED) is 0.126. The van der Waals surface area contributed by atoms with Gasteiger partial charge in [0, 0.05) is 0 Å². The molecule has 0 aliphatic heterocycles. The summed E-state index contributed by atoms with van der Waals surface area (Å²) in [5.41, 5.74) is 0. The average Bonchev–Trinajstić information content (AvgIpc) is 2.71. The number of aliphatic carboxylic acids is 2. The Hall–Kier alpha value is -0.957. The van der Waals surface area contributed by atoms with Crippen LogP contribution < -0.4 is 10.2 Å². The summed E-state index contributed by atoms with van der Waals surface area (Å²) in [4.78, 5) is 20.1. The van der Waals surface area contributed by atoms with E-state index in [1.54, 1.807) is 12.2 Å². The van der Waals surface area contributed by atoms with Gasteiger partial charge in [-0.1, -0.05) is 116 Å². The second-order valence-electron chi connectivity index (χ2n) is 7.97. The molecular weight excluding hydrogens is 442 g/mol. The average molecular weight is 488 g/mol. The number of carboxylic acids is 2. The molecule has 0 aliphatic carbocycles. The van der Waals surface area contributed by atoms with Crippen LogP contribution in [0.15, 0.2) is 24.3 Å². The predicted octanol–water partition coefficient (Wildman–Crippen LogP) is 5.64. The van der Waals surface area contributed by atoms with Gasteiger partial charge in [-0.3, -0.25) is 0 Å². The monoisotopic (exact) mass is 486 g/mol. The fourth-order valence-electron chi connectivity index (χ4n) is 3.15. The summed E-state index contributed by atoms with van der Waals surface area (Å²) in [6, 6.07) is 0. The molecule has 0 bridgehead atoms. The Morgan fingerprint density at radius 3 is 1.03 bits per heavy atom. The van der Waals surface area contributed by atoms with Crippen LogP contribution in [0.2, 0.25) is 0 Å². The number of carbonyl (C=O) groups is 2. The molecule has 31 heavy (non-hydrogen) atoms. The summed E-state index contributed by atoms with van der Waals surface area (Å²) in [6.45, 7) is 4.45. The van der Waals surface area contributed by atoms with E-state index >= 15 is 0 Å². The van der Waals surface area contributed by atoms with Crippen LogP contribution >= 0.6 is 0 Å². The van der Waals surface area contributed by atoms with Gasteiger partial charge in [-0.2, -0.15) is 0 Å². The van der Waals surface area contributed by atoms with Crippen LogP contribution in [0.5, 0.6) is 0 Å². The molecule has 0 aromatic carbocycles. The van der Waals surface area contributed by atoms with Crippen molar-refractivity contribution in [3.8, 4) is 0 Å². The summed E-state index contributed by atoms with van der Waals surface area (Å²) in [5.74, 6) is -2.18. The third-order valence-electron chi connectivity index (χ3n) is 4.96. The maximum Gasteiger partial charge on any atom is 2.00 e. The summed E-state index contributed by atoms with van der Waals surface area (Å²) in [6.07, 6.45) is 27.9. The van der Waals surface area contributed by atoms with Crippen molar-refractivity contribution in [3.63, 3.8) is 0 Å². The number of hydrogen-bond donors (Lipinski definition) is 0. The van der Waals surface area contributed by atoms with Crippen molar-refractivity contribution in [2.75, 3.05) is 0 Å². The Kier molecular flexibility index (Phi) is 34.9. The molecule has 5 heteroatoms. The molecule has 0 aliphatic rings. The van der Waals surface area contributed by atoms with Crippen molar-refractivity contribution < 1.29 is 39.3 Å². The molecular formula is C26H46O4Zn. The van der Waals surface area contributed by atoms with Gasteiger partial charge in [-0.05, 0) is 37.8 Å². The number of carboxylic acid groups (broad SMARTS) is 2. The number of unbranched alkanes of at least 4 members (excludes halogenated alkanes) is 16. The fraction of sp³-hybridized carbons (Fsp3) is 0.769. The number of rotatable bonds is 20. The normalized spacial score (nSPS) is 10.6. The van der Waals surface area contributed by atoms with E-state index in [1.165, 1.54) is 89.9 Å². The molecule has 176 valence electrons. The summed E-state index contributed by atoms with van der Waals surface area (Å²) >= 11 is 0. The maximum atomic E-state index is 10.0. The Labute approximate surface area is 204 Å². The Morgan fingerprint density at radius 2 is 0.774 bits per heavy atom. The Balaban J connectivity index is -0.000000490. The predicted molar refractivity (Wildman–Crippen MR) is 123 cm³/mol. The minimum atomic E-state index is -1.09. The Bertz CT molecular complexity index is 393. The zero-order chi connectivity index (χ0) is 22.7. The molecule has 0 heterocycles. The fourth-order valence-corrected chi connectivity index (χ4v) is 3.15. The van der Waals surface area contributed by atoms with E-state index in [9.17, 15) is 19.8 Å². The maximum absolute atomic E-state index is 10.0. The van der Waals surface area contributed by atoms with Crippen LogP contribution in [0.25, 0.3) is 0 Å². The van der Waals surface area contributed by atoms with Crippen molar-refractivity contribution in [1.82, 2.24) is 0 Å². The van der Waals surface area contributed by atoms with Gasteiger partial charge in [0.2, 0.25) is 0 Å². The van der Waals surface area contributed by atoms with Gasteiger partial charge in [0.25, 0.3) is 0 Å². The second kappa shape index (κ2) is 31.2. The van der Waals surface area contributed by atoms with E-state index in [1.807, 2.05) is 0 Å². The summed E-state index contributed by atoms with van der Waals surface area (Å²) in [5, 5.41) is 20.1. The van der Waals surface area contributed by atoms with Gasteiger partial charge in [0.05, 0.1) is 11.9 Å². The minimum absolute atomic E-state index is 0. The van der Waals surface area contributed by atoms with Gasteiger partial charge < -0.3 is 19.8 Å². The largest absolute Gasteiger partial charge is 2.00 e. The van der Waals surface area contributed by atoms with Crippen molar-refractivity contribution >= 4 is 11.9 Å². The van der Waals surface area contributed by atoms with Crippen LogP contribution in [0.1, 0.15) is 129 Å². The number of allylic oxidation sites excluding steroid dienone is 2. The third-order valence-corrected chi connectivity index (χ3v) is 4.96. The van der Waals surface area contributed by atoms with Crippen molar-refractivity contribution in [2.45, 2.75) is 129 Å². The van der Waals surface area contributed by atoms with Gasteiger partial charge in [0.15, 0.2) is 0 Å². The van der Waals surface area contributed by atoms with Crippen molar-refractivity contribution in [2.24, 2.45) is 0 Å². The van der Waals surface area contributed by atoms with Gasteiger partial charge >= 0.3 is 19.5 Å². The first kappa shape index (κ1) is 34.7. The van der Waals surface area contributed by atoms with E-state index < -0.39 is 11.9 Å². The smallest absolute Gasteiger partial charge is 0.545 e. The molecule has 0 atom stereocenters. The summed E-state index contributed by atoms with van der Waals surface area (Å²) in [7, 11) is 0. The van der Waals surface area contributed by atoms with Gasteiger partial charge in [0.1, 0.15) is 0 Å². The molecule has 0 unspecified atom stereocenters. The Morgan fingerprint density at radius 1 is 0.516 bits per heavy atom. The first-order valence-electron chi connectivity index (χ1n) is 12.3.